The molecule has 3 fully saturated rings. The topological polar surface area (TPSA) is 54.4 Å². The van der Waals surface area contributed by atoms with Crippen molar-refractivity contribution in [3.63, 3.8) is 0 Å². The molecule has 0 aliphatic heterocycles. The molecule has 3 saturated carbocycles. The van der Waals surface area contributed by atoms with Crippen LogP contribution in [0.2, 0.25) is 0 Å². The van der Waals surface area contributed by atoms with Gasteiger partial charge in [0, 0.05) is 29.6 Å². The zero-order valence-electron chi connectivity index (χ0n) is 13.9. The van der Waals surface area contributed by atoms with Crippen LogP contribution in [0, 0.1) is 28.6 Å². The molecule has 0 amide bonds. The van der Waals surface area contributed by atoms with Crippen molar-refractivity contribution in [1.82, 2.24) is 0 Å². The molecule has 0 bridgehead atoms. The number of carbonyl (C=O) groups is 2. The van der Waals surface area contributed by atoms with E-state index in [4.69, 9.17) is 11.6 Å². The first kappa shape index (κ1) is 15.8. The van der Waals surface area contributed by atoms with E-state index in [2.05, 4.69) is 13.8 Å². The second-order valence-electron chi connectivity index (χ2n) is 8.66. The number of fused-ring (bicyclic) bond motifs is 5. The van der Waals surface area contributed by atoms with Crippen molar-refractivity contribution < 1.29 is 14.7 Å². The summed E-state index contributed by atoms with van der Waals surface area (Å²) in [5, 5.41) is 10.8. The number of hydrogen-bond donors (Lipinski definition) is 1. The predicted octanol–water partition coefficient (Wildman–Crippen LogP) is 3.62. The Kier molecular flexibility index (Phi) is 3.39. The van der Waals surface area contributed by atoms with Crippen LogP contribution in [0.5, 0.6) is 0 Å². The SMILES string of the molecule is C[C@]12CC(=O)[C@H]3[C@@H](CCC4=C(Cl)C(=O)CC[C@@]43C)[C@@H]1CC[C@@H]2O. The number of ketones is 2. The molecular formula is C19H25ClO3. The van der Waals surface area contributed by atoms with Crippen molar-refractivity contribution in [2.24, 2.45) is 28.6 Å². The third-order valence-electron chi connectivity index (χ3n) is 7.69. The van der Waals surface area contributed by atoms with Gasteiger partial charge in [-0.1, -0.05) is 25.4 Å². The van der Waals surface area contributed by atoms with Crippen LogP contribution in [0.3, 0.4) is 0 Å². The predicted molar refractivity (Wildman–Crippen MR) is 87.9 cm³/mol. The minimum atomic E-state index is -0.348. The van der Waals surface area contributed by atoms with Crippen LogP contribution in [-0.2, 0) is 9.59 Å². The first-order valence-corrected chi connectivity index (χ1v) is 9.30. The van der Waals surface area contributed by atoms with E-state index in [1.165, 1.54) is 0 Å². The van der Waals surface area contributed by atoms with E-state index in [0.717, 1.165) is 37.7 Å². The number of aliphatic hydroxyl groups is 1. The van der Waals surface area contributed by atoms with Crippen molar-refractivity contribution >= 4 is 23.2 Å². The number of halogens is 1. The van der Waals surface area contributed by atoms with Gasteiger partial charge in [0.25, 0.3) is 0 Å². The summed E-state index contributed by atoms with van der Waals surface area (Å²) in [5.74, 6) is 1.08. The maximum Gasteiger partial charge on any atom is 0.174 e. The van der Waals surface area contributed by atoms with Crippen LogP contribution < -0.4 is 0 Å². The molecule has 0 saturated heterocycles. The molecule has 0 aromatic heterocycles. The van der Waals surface area contributed by atoms with E-state index >= 15 is 0 Å². The van der Waals surface area contributed by atoms with E-state index in [-0.39, 0.29) is 34.4 Å². The van der Waals surface area contributed by atoms with Gasteiger partial charge in [0.2, 0.25) is 0 Å². The zero-order chi connectivity index (χ0) is 16.6. The van der Waals surface area contributed by atoms with E-state index in [9.17, 15) is 14.7 Å². The summed E-state index contributed by atoms with van der Waals surface area (Å²) in [6.07, 6.45) is 4.93. The largest absolute Gasteiger partial charge is 0.393 e. The van der Waals surface area contributed by atoms with Crippen LogP contribution in [0.1, 0.15) is 58.8 Å². The Morgan fingerprint density at radius 2 is 1.87 bits per heavy atom. The summed E-state index contributed by atoms with van der Waals surface area (Å²) < 4.78 is 0. The van der Waals surface area contributed by atoms with Gasteiger partial charge in [0.1, 0.15) is 5.78 Å². The maximum atomic E-state index is 13.1. The highest BCUT2D eigenvalue weighted by molar-refractivity contribution is 6.43. The number of aliphatic hydroxyl groups excluding tert-OH is 1. The van der Waals surface area contributed by atoms with Crippen molar-refractivity contribution in [1.29, 1.82) is 0 Å². The highest BCUT2D eigenvalue weighted by Gasteiger charge is 2.62. The number of allylic oxidation sites excluding steroid dienone is 1. The fraction of sp³-hybridized carbons (Fsp3) is 0.789. The average molecular weight is 337 g/mol. The highest BCUT2D eigenvalue weighted by Crippen LogP contribution is 2.64. The zero-order valence-corrected chi connectivity index (χ0v) is 14.7. The second kappa shape index (κ2) is 4.92. The number of Topliss-reactive ketones (excluding diaryl/α,β-unsaturated/α-hetero) is 2. The fourth-order valence-corrected chi connectivity index (χ4v) is 6.86. The lowest BCUT2D eigenvalue weighted by Crippen LogP contribution is -2.55. The van der Waals surface area contributed by atoms with Crippen molar-refractivity contribution in [3.05, 3.63) is 10.6 Å². The van der Waals surface area contributed by atoms with Gasteiger partial charge in [-0.3, -0.25) is 9.59 Å². The molecule has 23 heavy (non-hydrogen) atoms. The number of rotatable bonds is 0. The fourth-order valence-electron chi connectivity index (χ4n) is 6.45. The summed E-state index contributed by atoms with van der Waals surface area (Å²) in [4.78, 5) is 25.1. The lowest BCUT2D eigenvalue weighted by Gasteiger charge is -2.56. The molecule has 4 heteroatoms. The Labute approximate surface area is 142 Å². The van der Waals surface area contributed by atoms with Crippen LogP contribution in [0.4, 0.5) is 0 Å². The molecule has 126 valence electrons. The molecule has 0 aromatic rings. The molecule has 0 spiro atoms. The molecule has 4 rings (SSSR count). The Bertz CT molecular complexity index is 624. The van der Waals surface area contributed by atoms with E-state index in [0.29, 0.717) is 29.7 Å². The molecule has 0 heterocycles. The quantitative estimate of drug-likeness (QED) is 0.735. The van der Waals surface area contributed by atoms with Crippen LogP contribution in [0.25, 0.3) is 0 Å². The average Bonchev–Trinajstić information content (AvgIpc) is 2.78. The molecule has 4 aliphatic rings. The molecule has 4 aliphatic carbocycles. The van der Waals surface area contributed by atoms with E-state index in [1.54, 1.807) is 0 Å². The van der Waals surface area contributed by atoms with Gasteiger partial charge >= 0.3 is 0 Å². The maximum absolute atomic E-state index is 13.1. The molecule has 0 aromatic carbocycles. The molecule has 3 nitrogen and oxygen atoms in total. The summed E-state index contributed by atoms with van der Waals surface area (Å²) in [5.41, 5.74) is 0.538. The van der Waals surface area contributed by atoms with Gasteiger partial charge in [-0.25, -0.2) is 0 Å². The van der Waals surface area contributed by atoms with E-state index in [1.807, 2.05) is 0 Å². The molecule has 0 unspecified atom stereocenters. The summed E-state index contributed by atoms with van der Waals surface area (Å²) in [7, 11) is 0. The van der Waals surface area contributed by atoms with Gasteiger partial charge < -0.3 is 5.11 Å². The Balaban J connectivity index is 1.78. The van der Waals surface area contributed by atoms with Gasteiger partial charge in [0.15, 0.2) is 5.78 Å². The summed E-state index contributed by atoms with van der Waals surface area (Å²) in [6, 6.07) is 0. The summed E-state index contributed by atoms with van der Waals surface area (Å²) in [6.45, 7) is 4.26. The minimum absolute atomic E-state index is 0.0172. The van der Waals surface area contributed by atoms with Crippen molar-refractivity contribution in [3.8, 4) is 0 Å². The van der Waals surface area contributed by atoms with Gasteiger partial charge in [0.05, 0.1) is 11.1 Å². The molecule has 0 radical (unpaired) electrons. The number of hydrogen-bond acceptors (Lipinski definition) is 3. The lowest BCUT2D eigenvalue weighted by atomic mass is 9.47. The minimum Gasteiger partial charge on any atom is -0.393 e. The monoisotopic (exact) mass is 336 g/mol. The third kappa shape index (κ3) is 1.93. The second-order valence-corrected chi connectivity index (χ2v) is 9.04. The van der Waals surface area contributed by atoms with E-state index < -0.39 is 0 Å². The van der Waals surface area contributed by atoms with Gasteiger partial charge in [-0.15, -0.1) is 0 Å². The Morgan fingerprint density at radius 3 is 2.61 bits per heavy atom. The first-order chi connectivity index (χ1) is 10.8. The van der Waals surface area contributed by atoms with Gasteiger partial charge in [-0.05, 0) is 49.5 Å². The number of carbonyl (C=O) groups excluding carboxylic acids is 2. The molecular weight excluding hydrogens is 312 g/mol. The Hall–Kier alpha value is -0.670. The standard InChI is InChI=1S/C19H25ClO3/c1-18-8-7-13(21)17(20)12(18)4-3-10-11-5-6-15(23)19(11,2)9-14(22)16(10)18/h10-11,15-16,23H,3-9H2,1-2H3/t10-,11-,15-,16+,18-,19-/m0/s1. The molecule has 1 N–H and O–H groups in total. The van der Waals surface area contributed by atoms with Crippen molar-refractivity contribution in [2.75, 3.05) is 0 Å². The van der Waals surface area contributed by atoms with Crippen LogP contribution in [0.15, 0.2) is 10.6 Å². The lowest BCUT2D eigenvalue weighted by molar-refractivity contribution is -0.148. The first-order valence-electron chi connectivity index (χ1n) is 8.92. The Morgan fingerprint density at radius 1 is 1.13 bits per heavy atom. The smallest absolute Gasteiger partial charge is 0.174 e. The van der Waals surface area contributed by atoms with Gasteiger partial charge in [-0.2, -0.15) is 0 Å². The van der Waals surface area contributed by atoms with Crippen LogP contribution >= 0.6 is 11.6 Å². The van der Waals surface area contributed by atoms with Crippen molar-refractivity contribution in [2.45, 2.75) is 64.9 Å². The van der Waals surface area contributed by atoms with Crippen LogP contribution in [-0.4, -0.2) is 22.8 Å². The molecule has 6 atom stereocenters. The highest BCUT2D eigenvalue weighted by atomic mass is 35.5. The third-order valence-corrected chi connectivity index (χ3v) is 8.13. The summed E-state index contributed by atoms with van der Waals surface area (Å²) >= 11 is 6.35. The normalized spacial score (nSPS) is 49.7.